The van der Waals surface area contributed by atoms with Crippen molar-refractivity contribution in [2.45, 2.75) is 23.9 Å². The number of imide groups is 1. The molecule has 0 saturated heterocycles. The standard InChI is InChI=1S/C17H18N6O3S/c1-11(15(24)20-16(25)18-2)27-17-22-21-14(12-5-3-7-19-9-12)23(17)10-13-6-4-8-26-13/h3-9,11H,10H2,1-2H3,(H2,18,20,24,25)/t11-/m0/s1. The van der Waals surface area contributed by atoms with Gasteiger partial charge in [0.1, 0.15) is 5.76 Å². The Kier molecular flexibility index (Phi) is 5.87. The number of rotatable bonds is 6. The second kappa shape index (κ2) is 8.49. The van der Waals surface area contributed by atoms with Gasteiger partial charge in [0, 0.05) is 25.0 Å². The molecule has 0 aliphatic heterocycles. The second-order valence-corrected chi connectivity index (χ2v) is 6.85. The van der Waals surface area contributed by atoms with Gasteiger partial charge in [0.15, 0.2) is 11.0 Å². The molecule has 0 aliphatic rings. The molecule has 3 aromatic heterocycles. The lowest BCUT2D eigenvalue weighted by atomic mass is 10.2. The number of furan rings is 1. The van der Waals surface area contributed by atoms with E-state index in [1.807, 2.05) is 22.8 Å². The molecule has 10 heteroatoms. The van der Waals surface area contributed by atoms with E-state index in [1.165, 1.54) is 18.8 Å². The molecule has 2 N–H and O–H groups in total. The van der Waals surface area contributed by atoms with Crippen LogP contribution in [-0.2, 0) is 11.3 Å². The van der Waals surface area contributed by atoms with Gasteiger partial charge in [0.25, 0.3) is 0 Å². The summed E-state index contributed by atoms with van der Waals surface area (Å²) in [5, 5.41) is 13.1. The van der Waals surface area contributed by atoms with Crippen LogP contribution in [0.1, 0.15) is 12.7 Å². The Morgan fingerprint density at radius 3 is 2.81 bits per heavy atom. The van der Waals surface area contributed by atoms with Crippen LogP contribution in [0.15, 0.2) is 52.5 Å². The molecule has 0 saturated carbocycles. The predicted molar refractivity (Wildman–Crippen MR) is 99.0 cm³/mol. The monoisotopic (exact) mass is 386 g/mol. The SMILES string of the molecule is CNC(=O)NC(=O)[C@H](C)Sc1nnc(-c2cccnc2)n1Cc1ccco1. The fourth-order valence-electron chi connectivity index (χ4n) is 2.27. The molecule has 3 amide bonds. The topological polar surface area (TPSA) is 115 Å². The lowest BCUT2D eigenvalue weighted by molar-refractivity contribution is -0.119. The van der Waals surface area contributed by atoms with E-state index in [0.29, 0.717) is 17.5 Å². The Balaban J connectivity index is 1.87. The number of nitrogens with one attached hydrogen (secondary N) is 2. The molecule has 9 nitrogen and oxygen atoms in total. The largest absolute Gasteiger partial charge is 0.467 e. The van der Waals surface area contributed by atoms with Crippen molar-refractivity contribution < 1.29 is 14.0 Å². The first kappa shape index (κ1) is 18.6. The fraction of sp³-hybridized carbons (Fsp3) is 0.235. The van der Waals surface area contributed by atoms with E-state index in [4.69, 9.17) is 4.42 Å². The van der Waals surface area contributed by atoms with E-state index >= 15 is 0 Å². The number of amides is 3. The molecule has 0 spiro atoms. The minimum absolute atomic E-state index is 0.399. The summed E-state index contributed by atoms with van der Waals surface area (Å²) in [4.78, 5) is 27.6. The van der Waals surface area contributed by atoms with Crippen LogP contribution in [0.5, 0.6) is 0 Å². The molecule has 0 aliphatic carbocycles. The first-order chi connectivity index (χ1) is 13.1. The Morgan fingerprint density at radius 2 is 2.15 bits per heavy atom. The summed E-state index contributed by atoms with van der Waals surface area (Å²) in [5.74, 6) is 0.917. The summed E-state index contributed by atoms with van der Waals surface area (Å²) in [6.07, 6.45) is 4.96. The molecule has 3 heterocycles. The number of hydrogen-bond donors (Lipinski definition) is 2. The van der Waals surface area contributed by atoms with Crippen LogP contribution < -0.4 is 10.6 Å². The minimum Gasteiger partial charge on any atom is -0.467 e. The van der Waals surface area contributed by atoms with Crippen molar-refractivity contribution in [3.63, 3.8) is 0 Å². The Morgan fingerprint density at radius 1 is 1.30 bits per heavy atom. The third kappa shape index (κ3) is 4.53. The molecular weight excluding hydrogens is 368 g/mol. The van der Waals surface area contributed by atoms with Crippen molar-refractivity contribution in [1.82, 2.24) is 30.4 Å². The smallest absolute Gasteiger partial charge is 0.321 e. The number of aromatic nitrogens is 4. The summed E-state index contributed by atoms with van der Waals surface area (Å²) >= 11 is 1.20. The lowest BCUT2D eigenvalue weighted by Crippen LogP contribution is -2.41. The quantitative estimate of drug-likeness (QED) is 0.622. The number of hydrogen-bond acceptors (Lipinski definition) is 7. The fourth-order valence-corrected chi connectivity index (χ4v) is 3.12. The third-order valence-corrected chi connectivity index (χ3v) is 4.73. The lowest BCUT2D eigenvalue weighted by Gasteiger charge is -2.12. The van der Waals surface area contributed by atoms with Gasteiger partial charge in [0.05, 0.1) is 18.1 Å². The highest BCUT2D eigenvalue weighted by Crippen LogP contribution is 2.27. The summed E-state index contributed by atoms with van der Waals surface area (Å²) in [7, 11) is 1.45. The van der Waals surface area contributed by atoms with Gasteiger partial charge in [-0.25, -0.2) is 4.79 Å². The molecule has 3 rings (SSSR count). The zero-order valence-electron chi connectivity index (χ0n) is 14.7. The average molecular weight is 386 g/mol. The number of urea groups is 1. The summed E-state index contributed by atoms with van der Waals surface area (Å²) in [6, 6.07) is 6.79. The number of carbonyl (C=O) groups excluding carboxylic acids is 2. The molecular formula is C17H18N6O3S. The van der Waals surface area contributed by atoms with Gasteiger partial charge in [-0.2, -0.15) is 0 Å². The van der Waals surface area contributed by atoms with Crippen LogP contribution in [0.4, 0.5) is 4.79 Å². The Labute approximate surface area is 159 Å². The molecule has 0 aromatic carbocycles. The van der Waals surface area contributed by atoms with Crippen LogP contribution in [-0.4, -0.2) is 44.0 Å². The molecule has 0 unspecified atom stereocenters. The highest BCUT2D eigenvalue weighted by molar-refractivity contribution is 8.00. The van der Waals surface area contributed by atoms with Crippen molar-refractivity contribution in [3.05, 3.63) is 48.7 Å². The van der Waals surface area contributed by atoms with Crippen LogP contribution >= 0.6 is 11.8 Å². The number of thioether (sulfide) groups is 1. The van der Waals surface area contributed by atoms with E-state index in [1.54, 1.807) is 31.6 Å². The second-order valence-electron chi connectivity index (χ2n) is 5.54. The average Bonchev–Trinajstić information content (AvgIpc) is 3.33. The van der Waals surface area contributed by atoms with Crippen LogP contribution in [0.2, 0.25) is 0 Å². The molecule has 0 radical (unpaired) electrons. The summed E-state index contributed by atoms with van der Waals surface area (Å²) in [5.41, 5.74) is 0.797. The van der Waals surface area contributed by atoms with Crippen molar-refractivity contribution >= 4 is 23.7 Å². The van der Waals surface area contributed by atoms with Gasteiger partial charge in [-0.1, -0.05) is 11.8 Å². The Bertz CT molecular complexity index is 910. The van der Waals surface area contributed by atoms with Gasteiger partial charge in [-0.15, -0.1) is 10.2 Å². The molecule has 140 valence electrons. The third-order valence-electron chi connectivity index (χ3n) is 3.65. The van der Waals surface area contributed by atoms with Crippen LogP contribution in [0, 0.1) is 0 Å². The molecule has 0 bridgehead atoms. The predicted octanol–water partition coefficient (Wildman–Crippen LogP) is 1.92. The maximum atomic E-state index is 12.1. The van der Waals surface area contributed by atoms with Gasteiger partial charge >= 0.3 is 6.03 Å². The normalized spacial score (nSPS) is 11.8. The molecule has 27 heavy (non-hydrogen) atoms. The zero-order valence-corrected chi connectivity index (χ0v) is 15.6. The number of nitrogens with zero attached hydrogens (tertiary/aromatic N) is 4. The van der Waals surface area contributed by atoms with E-state index in [9.17, 15) is 9.59 Å². The zero-order chi connectivity index (χ0) is 19.2. The van der Waals surface area contributed by atoms with Crippen LogP contribution in [0.3, 0.4) is 0 Å². The van der Waals surface area contributed by atoms with Crippen molar-refractivity contribution in [2.24, 2.45) is 0 Å². The molecule has 1 atom stereocenters. The summed E-state index contributed by atoms with van der Waals surface area (Å²) in [6.45, 7) is 2.09. The van der Waals surface area contributed by atoms with Crippen molar-refractivity contribution in [2.75, 3.05) is 7.05 Å². The number of pyridine rings is 1. The van der Waals surface area contributed by atoms with E-state index in [0.717, 1.165) is 11.3 Å². The van der Waals surface area contributed by atoms with E-state index in [2.05, 4.69) is 25.8 Å². The van der Waals surface area contributed by atoms with Crippen molar-refractivity contribution in [3.8, 4) is 11.4 Å². The Hall–Kier alpha value is -3.14. The first-order valence-corrected chi connectivity index (χ1v) is 9.01. The first-order valence-electron chi connectivity index (χ1n) is 8.13. The van der Waals surface area contributed by atoms with Gasteiger partial charge < -0.3 is 9.73 Å². The highest BCUT2D eigenvalue weighted by Gasteiger charge is 2.22. The van der Waals surface area contributed by atoms with E-state index < -0.39 is 17.2 Å². The van der Waals surface area contributed by atoms with Gasteiger partial charge in [-0.05, 0) is 31.2 Å². The van der Waals surface area contributed by atoms with Gasteiger partial charge in [-0.3, -0.25) is 19.7 Å². The maximum absolute atomic E-state index is 12.1. The van der Waals surface area contributed by atoms with Crippen LogP contribution in [0.25, 0.3) is 11.4 Å². The maximum Gasteiger partial charge on any atom is 0.321 e. The van der Waals surface area contributed by atoms with E-state index in [-0.39, 0.29) is 0 Å². The highest BCUT2D eigenvalue weighted by atomic mass is 32.2. The minimum atomic E-state index is -0.555. The van der Waals surface area contributed by atoms with Gasteiger partial charge in [0.2, 0.25) is 5.91 Å². The number of carbonyl (C=O) groups is 2. The summed E-state index contributed by atoms with van der Waals surface area (Å²) < 4.78 is 7.29. The molecule has 3 aromatic rings. The van der Waals surface area contributed by atoms with Crippen molar-refractivity contribution in [1.29, 1.82) is 0 Å². The molecule has 0 fully saturated rings.